The van der Waals surface area contributed by atoms with E-state index in [0.29, 0.717) is 0 Å². The summed E-state index contributed by atoms with van der Waals surface area (Å²) in [5, 5.41) is 26.3. The Morgan fingerprint density at radius 3 is 2.07 bits per heavy atom. The van der Waals surface area contributed by atoms with Crippen LogP contribution < -0.4 is 0 Å². The third-order valence-corrected chi connectivity index (χ3v) is 1.49. The summed E-state index contributed by atoms with van der Waals surface area (Å²) in [6.07, 6.45) is -0.560. The number of rotatable bonds is 1. The molecule has 14 heavy (non-hydrogen) atoms. The van der Waals surface area contributed by atoms with E-state index in [-0.39, 0.29) is 6.61 Å². The molecule has 5 nitrogen and oxygen atoms in total. The molecular formula is C9H13N3O2. The van der Waals surface area contributed by atoms with E-state index in [9.17, 15) is 0 Å². The minimum Gasteiger partial charge on any atom is -0.394 e. The van der Waals surface area contributed by atoms with Crippen molar-refractivity contribution in [3.8, 4) is 0 Å². The number of nitrogens with one attached hydrogen (secondary N) is 1. The summed E-state index contributed by atoms with van der Waals surface area (Å²) in [5.41, 5.74) is 1.83. The van der Waals surface area contributed by atoms with Crippen molar-refractivity contribution in [2.24, 2.45) is 0 Å². The Hall–Kier alpha value is -1.46. The Labute approximate surface area is 81.4 Å². The Morgan fingerprint density at radius 1 is 1.29 bits per heavy atom. The lowest BCUT2D eigenvalue weighted by Gasteiger charge is -1.90. The fraction of sp³-hybridized carbons (Fsp3) is 0.333. The maximum absolute atomic E-state index is 8.11. The van der Waals surface area contributed by atoms with Crippen molar-refractivity contribution in [3.05, 3.63) is 24.3 Å². The van der Waals surface area contributed by atoms with Gasteiger partial charge in [0.15, 0.2) is 0 Å². The fourth-order valence-corrected chi connectivity index (χ4v) is 0.786. The summed E-state index contributed by atoms with van der Waals surface area (Å²) in [5.74, 6) is 0. The number of H-pyrrole nitrogens is 1. The molecule has 3 N–H and O–H groups in total. The van der Waals surface area contributed by atoms with E-state index in [1.54, 1.807) is 0 Å². The van der Waals surface area contributed by atoms with E-state index in [2.05, 4.69) is 15.4 Å². The molecule has 0 aliphatic heterocycles. The van der Waals surface area contributed by atoms with Gasteiger partial charge >= 0.3 is 0 Å². The van der Waals surface area contributed by atoms with Gasteiger partial charge in [0, 0.05) is 0 Å². The molecule has 0 aliphatic carbocycles. The first kappa shape index (κ1) is 10.6. The number of nitrogens with zero attached hydrogens (tertiary/aromatic N) is 2. The molecule has 0 saturated heterocycles. The summed E-state index contributed by atoms with van der Waals surface area (Å²) in [4.78, 5) is 0. The number of hydrogen-bond acceptors (Lipinski definition) is 4. The molecule has 1 atom stereocenters. The number of benzene rings is 1. The van der Waals surface area contributed by atoms with Gasteiger partial charge in [0.2, 0.25) is 0 Å². The number of aromatic amines is 1. The molecule has 0 spiro atoms. The number of aliphatic hydroxyl groups excluding tert-OH is 2. The van der Waals surface area contributed by atoms with Crippen molar-refractivity contribution in [1.82, 2.24) is 15.4 Å². The van der Waals surface area contributed by atoms with Crippen molar-refractivity contribution in [2.45, 2.75) is 13.0 Å². The average molecular weight is 195 g/mol. The Morgan fingerprint density at radius 2 is 1.71 bits per heavy atom. The Bertz CT molecular complexity index is 343. The van der Waals surface area contributed by atoms with Crippen LogP contribution in [0.25, 0.3) is 11.0 Å². The summed E-state index contributed by atoms with van der Waals surface area (Å²) >= 11 is 0. The minimum absolute atomic E-state index is 0.139. The van der Waals surface area contributed by atoms with Crippen LogP contribution in [-0.4, -0.2) is 38.3 Å². The zero-order valence-corrected chi connectivity index (χ0v) is 7.88. The fourth-order valence-electron chi connectivity index (χ4n) is 0.786. The first-order valence-corrected chi connectivity index (χ1v) is 4.28. The van der Waals surface area contributed by atoms with E-state index in [4.69, 9.17) is 10.2 Å². The quantitative estimate of drug-likeness (QED) is 0.612. The van der Waals surface area contributed by atoms with Crippen LogP contribution in [0, 0.1) is 0 Å². The highest BCUT2D eigenvalue weighted by Crippen LogP contribution is 2.03. The molecule has 0 fully saturated rings. The summed E-state index contributed by atoms with van der Waals surface area (Å²) in [6, 6.07) is 7.70. The number of aliphatic hydroxyl groups is 2. The predicted molar refractivity (Wildman–Crippen MR) is 52.7 cm³/mol. The third kappa shape index (κ3) is 3.12. The largest absolute Gasteiger partial charge is 0.394 e. The highest BCUT2D eigenvalue weighted by atomic mass is 16.3. The van der Waals surface area contributed by atoms with E-state index in [0.717, 1.165) is 11.0 Å². The highest BCUT2D eigenvalue weighted by Gasteiger charge is 1.90. The molecule has 0 amide bonds. The average Bonchev–Trinajstić information content (AvgIpc) is 2.66. The number of hydrogen-bond donors (Lipinski definition) is 3. The maximum atomic E-state index is 8.11. The van der Waals surface area contributed by atoms with Gasteiger partial charge in [-0.05, 0) is 19.1 Å². The molecule has 0 bridgehead atoms. The van der Waals surface area contributed by atoms with Crippen molar-refractivity contribution in [3.63, 3.8) is 0 Å². The van der Waals surface area contributed by atoms with Gasteiger partial charge in [0.1, 0.15) is 11.0 Å². The van der Waals surface area contributed by atoms with Crippen molar-refractivity contribution < 1.29 is 10.2 Å². The minimum atomic E-state index is -0.560. The van der Waals surface area contributed by atoms with Crippen LogP contribution >= 0.6 is 0 Å². The Balaban J connectivity index is 0.000000171. The van der Waals surface area contributed by atoms with Crippen molar-refractivity contribution in [2.75, 3.05) is 6.61 Å². The van der Waals surface area contributed by atoms with Crippen LogP contribution in [0.3, 0.4) is 0 Å². The number of para-hydroxylation sites is 2. The van der Waals surface area contributed by atoms with E-state index >= 15 is 0 Å². The number of aromatic nitrogens is 3. The zero-order chi connectivity index (χ0) is 10.4. The molecule has 5 heteroatoms. The van der Waals surface area contributed by atoms with Gasteiger partial charge in [-0.2, -0.15) is 15.4 Å². The van der Waals surface area contributed by atoms with Crippen LogP contribution in [-0.2, 0) is 0 Å². The molecular weight excluding hydrogens is 182 g/mol. The third-order valence-electron chi connectivity index (χ3n) is 1.49. The van der Waals surface area contributed by atoms with E-state index < -0.39 is 6.10 Å². The van der Waals surface area contributed by atoms with Gasteiger partial charge in [0.05, 0.1) is 12.7 Å². The molecule has 76 valence electrons. The SMILES string of the molecule is CC(O)CO.c1ccc2n[nH]nc2c1. The van der Waals surface area contributed by atoms with Gasteiger partial charge in [-0.15, -0.1) is 0 Å². The molecule has 1 unspecified atom stereocenters. The summed E-state index contributed by atoms with van der Waals surface area (Å²) in [6.45, 7) is 1.39. The molecule has 1 heterocycles. The van der Waals surface area contributed by atoms with Gasteiger partial charge in [-0.25, -0.2) is 0 Å². The summed E-state index contributed by atoms with van der Waals surface area (Å²) < 4.78 is 0. The lowest BCUT2D eigenvalue weighted by molar-refractivity contribution is 0.110. The van der Waals surface area contributed by atoms with Gasteiger partial charge in [-0.1, -0.05) is 12.1 Å². The predicted octanol–water partition coefficient (Wildman–Crippen LogP) is 0.317. The van der Waals surface area contributed by atoms with Gasteiger partial charge in [0.25, 0.3) is 0 Å². The van der Waals surface area contributed by atoms with Crippen LogP contribution in [0.1, 0.15) is 6.92 Å². The van der Waals surface area contributed by atoms with Gasteiger partial charge < -0.3 is 10.2 Å². The zero-order valence-electron chi connectivity index (χ0n) is 7.88. The van der Waals surface area contributed by atoms with Crippen LogP contribution in [0.15, 0.2) is 24.3 Å². The standard InChI is InChI=1S/C6H5N3.C3H8O2/c1-2-4-6-5(3-1)7-9-8-6;1-3(5)2-4/h1-4H,(H,7,8,9);3-5H,2H2,1H3. The summed E-state index contributed by atoms with van der Waals surface area (Å²) in [7, 11) is 0. The van der Waals surface area contributed by atoms with Crippen molar-refractivity contribution in [1.29, 1.82) is 0 Å². The maximum Gasteiger partial charge on any atom is 0.112 e. The first-order chi connectivity index (χ1) is 6.74. The lowest BCUT2D eigenvalue weighted by atomic mass is 10.3. The molecule has 0 saturated carbocycles. The molecule has 0 radical (unpaired) electrons. The van der Waals surface area contributed by atoms with E-state index in [1.165, 1.54) is 6.92 Å². The first-order valence-electron chi connectivity index (χ1n) is 4.28. The Kier molecular flexibility index (Phi) is 4.03. The van der Waals surface area contributed by atoms with Gasteiger partial charge in [-0.3, -0.25) is 0 Å². The second kappa shape index (κ2) is 5.31. The molecule has 2 rings (SSSR count). The molecule has 1 aromatic heterocycles. The van der Waals surface area contributed by atoms with E-state index in [1.807, 2.05) is 24.3 Å². The second-order valence-electron chi connectivity index (χ2n) is 2.84. The molecule has 0 aliphatic rings. The number of fused-ring (bicyclic) bond motifs is 1. The normalized spacial score (nSPS) is 11.9. The smallest absolute Gasteiger partial charge is 0.112 e. The monoisotopic (exact) mass is 195 g/mol. The highest BCUT2D eigenvalue weighted by molar-refractivity contribution is 5.72. The van der Waals surface area contributed by atoms with Crippen LogP contribution in [0.5, 0.6) is 0 Å². The molecule has 1 aromatic carbocycles. The lowest BCUT2D eigenvalue weighted by Crippen LogP contribution is -2.03. The van der Waals surface area contributed by atoms with Crippen LogP contribution in [0.4, 0.5) is 0 Å². The second-order valence-corrected chi connectivity index (χ2v) is 2.84. The van der Waals surface area contributed by atoms with Crippen LogP contribution in [0.2, 0.25) is 0 Å². The van der Waals surface area contributed by atoms with Crippen molar-refractivity contribution >= 4 is 11.0 Å². The molecule has 2 aromatic rings. The topological polar surface area (TPSA) is 82.0 Å².